The Morgan fingerprint density at radius 1 is 1.36 bits per heavy atom. The van der Waals surface area contributed by atoms with Crippen molar-refractivity contribution in [2.75, 3.05) is 6.54 Å². The Bertz CT molecular complexity index is 650. The van der Waals surface area contributed by atoms with E-state index >= 15 is 0 Å². The van der Waals surface area contributed by atoms with Gasteiger partial charge in [-0.15, -0.1) is 0 Å². The minimum Gasteiger partial charge on any atom is -0.447 e. The van der Waals surface area contributed by atoms with E-state index < -0.39 is 12.0 Å². The molecule has 0 aliphatic rings. The van der Waals surface area contributed by atoms with Crippen molar-refractivity contribution in [3.8, 4) is 0 Å². The fraction of sp³-hybridized carbons (Fsp3) is 0.333. The summed E-state index contributed by atoms with van der Waals surface area (Å²) in [6.07, 6.45) is 0.213. The second-order valence-electron chi connectivity index (χ2n) is 5.08. The van der Waals surface area contributed by atoms with Crippen molar-refractivity contribution in [1.29, 1.82) is 0 Å². The van der Waals surface area contributed by atoms with E-state index in [1.807, 2.05) is 13.8 Å². The van der Waals surface area contributed by atoms with Gasteiger partial charge in [-0.2, -0.15) is 0 Å². The van der Waals surface area contributed by atoms with Gasteiger partial charge in [-0.05, 0) is 12.1 Å². The van der Waals surface area contributed by atoms with Crippen LogP contribution in [0, 0.1) is 0 Å². The summed E-state index contributed by atoms with van der Waals surface area (Å²) in [5.41, 5.74) is 0.600. The van der Waals surface area contributed by atoms with E-state index in [0.29, 0.717) is 21.4 Å². The first-order valence-electron chi connectivity index (χ1n) is 6.75. The number of hydrogen-bond acceptors (Lipinski definition) is 4. The smallest absolute Gasteiger partial charge is 0.273 e. The quantitative estimate of drug-likeness (QED) is 0.870. The molecule has 0 bridgehead atoms. The lowest BCUT2D eigenvalue weighted by Gasteiger charge is -2.15. The number of benzene rings is 1. The molecule has 0 aliphatic heterocycles. The number of nitrogens with zero attached hydrogens (tertiary/aromatic N) is 1. The maximum atomic E-state index is 12.1. The molecule has 0 fully saturated rings. The zero-order valence-electron chi connectivity index (χ0n) is 12.1. The molecule has 1 heterocycles. The molecule has 0 saturated heterocycles. The molecule has 22 heavy (non-hydrogen) atoms. The van der Waals surface area contributed by atoms with Crippen molar-refractivity contribution >= 4 is 29.1 Å². The van der Waals surface area contributed by atoms with Gasteiger partial charge in [-0.1, -0.05) is 43.1 Å². The molecule has 5 nitrogen and oxygen atoms in total. The van der Waals surface area contributed by atoms with Gasteiger partial charge < -0.3 is 14.8 Å². The second-order valence-corrected chi connectivity index (χ2v) is 5.90. The van der Waals surface area contributed by atoms with E-state index in [4.69, 9.17) is 27.6 Å². The average molecular weight is 343 g/mol. The van der Waals surface area contributed by atoms with Crippen molar-refractivity contribution < 1.29 is 14.3 Å². The van der Waals surface area contributed by atoms with Crippen molar-refractivity contribution in [3.05, 3.63) is 51.7 Å². The first kappa shape index (κ1) is 16.8. The number of nitrogens with one attached hydrogen (secondary N) is 1. The molecule has 0 radical (unpaired) electrons. The van der Waals surface area contributed by atoms with Crippen LogP contribution in [0.2, 0.25) is 10.0 Å². The Labute approximate surface area is 138 Å². The SMILES string of the molecule is CC(C)c1ocnc1C(=O)NCC(O)c1c(Cl)cccc1Cl. The maximum Gasteiger partial charge on any atom is 0.273 e. The zero-order chi connectivity index (χ0) is 16.3. The largest absolute Gasteiger partial charge is 0.447 e. The summed E-state index contributed by atoms with van der Waals surface area (Å²) < 4.78 is 5.20. The van der Waals surface area contributed by atoms with Gasteiger partial charge in [-0.3, -0.25) is 4.79 Å². The van der Waals surface area contributed by atoms with E-state index in [-0.39, 0.29) is 18.2 Å². The Morgan fingerprint density at radius 3 is 2.59 bits per heavy atom. The molecule has 0 saturated carbocycles. The van der Waals surface area contributed by atoms with E-state index in [1.54, 1.807) is 18.2 Å². The monoisotopic (exact) mass is 342 g/mol. The lowest BCUT2D eigenvalue weighted by molar-refractivity contribution is 0.0909. The molecule has 1 atom stereocenters. The second kappa shape index (κ2) is 7.13. The Hall–Kier alpha value is -1.56. The van der Waals surface area contributed by atoms with Crippen molar-refractivity contribution in [1.82, 2.24) is 10.3 Å². The summed E-state index contributed by atoms with van der Waals surface area (Å²) in [6, 6.07) is 4.94. The van der Waals surface area contributed by atoms with Crippen LogP contribution in [0.25, 0.3) is 0 Å². The number of aromatic nitrogens is 1. The van der Waals surface area contributed by atoms with Crippen LogP contribution in [0.15, 0.2) is 29.0 Å². The number of halogens is 2. The molecule has 1 aromatic heterocycles. The third-order valence-corrected chi connectivity index (χ3v) is 3.78. The van der Waals surface area contributed by atoms with Crippen molar-refractivity contribution in [2.45, 2.75) is 25.9 Å². The number of amides is 1. The van der Waals surface area contributed by atoms with Gasteiger partial charge in [0, 0.05) is 28.1 Å². The van der Waals surface area contributed by atoms with Gasteiger partial charge >= 0.3 is 0 Å². The Balaban J connectivity index is 2.06. The Kier molecular flexibility index (Phi) is 5.45. The zero-order valence-corrected chi connectivity index (χ0v) is 13.6. The number of oxazole rings is 1. The maximum absolute atomic E-state index is 12.1. The highest BCUT2D eigenvalue weighted by Gasteiger charge is 2.21. The summed E-state index contributed by atoms with van der Waals surface area (Å²) >= 11 is 12.0. The predicted octanol–water partition coefficient (Wildman–Crippen LogP) is 3.57. The summed E-state index contributed by atoms with van der Waals surface area (Å²) in [5.74, 6) is 0.119. The lowest BCUT2D eigenvalue weighted by Crippen LogP contribution is -2.29. The number of aliphatic hydroxyl groups is 1. The molecule has 1 aromatic carbocycles. The van der Waals surface area contributed by atoms with Crippen LogP contribution in [0.4, 0.5) is 0 Å². The predicted molar refractivity (Wildman–Crippen MR) is 84.3 cm³/mol. The molecule has 1 amide bonds. The van der Waals surface area contributed by atoms with Crippen LogP contribution >= 0.6 is 23.2 Å². The van der Waals surface area contributed by atoms with Gasteiger partial charge in [0.15, 0.2) is 12.1 Å². The van der Waals surface area contributed by atoms with Gasteiger partial charge in [0.1, 0.15) is 5.76 Å². The van der Waals surface area contributed by atoms with Crippen molar-refractivity contribution in [2.24, 2.45) is 0 Å². The topological polar surface area (TPSA) is 75.4 Å². The molecular formula is C15H16Cl2N2O3. The lowest BCUT2D eigenvalue weighted by atomic mass is 10.1. The molecule has 0 spiro atoms. The van der Waals surface area contributed by atoms with Crippen molar-refractivity contribution in [3.63, 3.8) is 0 Å². The summed E-state index contributed by atoms with van der Waals surface area (Å²) in [7, 11) is 0. The van der Waals surface area contributed by atoms with Crippen LogP contribution < -0.4 is 5.32 Å². The minimum atomic E-state index is -1.01. The number of aliphatic hydroxyl groups excluding tert-OH is 1. The molecule has 2 aromatic rings. The molecular weight excluding hydrogens is 327 g/mol. The summed E-state index contributed by atoms with van der Waals surface area (Å²) in [6.45, 7) is 3.76. The normalized spacial score (nSPS) is 12.5. The standard InChI is InChI=1S/C15H16Cl2N2O3/c1-8(2)14-13(19-7-22-14)15(21)18-6-11(20)12-9(16)4-3-5-10(12)17/h3-5,7-8,11,20H,6H2,1-2H3,(H,18,21). The molecule has 7 heteroatoms. The summed E-state index contributed by atoms with van der Waals surface area (Å²) in [5, 5.41) is 13.5. The number of carbonyl (C=O) groups excluding carboxylic acids is 1. The van der Waals surface area contributed by atoms with Crippen LogP contribution in [0.3, 0.4) is 0 Å². The highest BCUT2D eigenvalue weighted by molar-refractivity contribution is 6.36. The van der Waals surface area contributed by atoms with Gasteiger partial charge in [0.25, 0.3) is 5.91 Å². The molecule has 2 rings (SSSR count). The highest BCUT2D eigenvalue weighted by Crippen LogP contribution is 2.29. The fourth-order valence-electron chi connectivity index (χ4n) is 2.04. The molecule has 118 valence electrons. The third kappa shape index (κ3) is 3.61. The number of hydrogen-bond donors (Lipinski definition) is 2. The van der Waals surface area contributed by atoms with Crippen LogP contribution in [0.5, 0.6) is 0 Å². The summed E-state index contributed by atoms with van der Waals surface area (Å²) in [4.78, 5) is 16.0. The minimum absolute atomic E-state index is 0.0335. The fourth-order valence-corrected chi connectivity index (χ4v) is 2.69. The van der Waals surface area contributed by atoms with E-state index in [0.717, 1.165) is 0 Å². The van der Waals surface area contributed by atoms with Gasteiger partial charge in [0.05, 0.1) is 6.10 Å². The third-order valence-electron chi connectivity index (χ3n) is 3.12. The van der Waals surface area contributed by atoms with Gasteiger partial charge in [0.2, 0.25) is 0 Å². The Morgan fingerprint density at radius 2 is 2.00 bits per heavy atom. The van der Waals surface area contributed by atoms with E-state index in [9.17, 15) is 9.90 Å². The van der Waals surface area contributed by atoms with Crippen LogP contribution in [-0.2, 0) is 0 Å². The molecule has 2 N–H and O–H groups in total. The number of carbonyl (C=O) groups is 1. The highest BCUT2D eigenvalue weighted by atomic mass is 35.5. The first-order valence-corrected chi connectivity index (χ1v) is 7.51. The van der Waals surface area contributed by atoms with Crippen LogP contribution in [0.1, 0.15) is 47.7 Å². The van der Waals surface area contributed by atoms with E-state index in [1.165, 1.54) is 6.39 Å². The average Bonchev–Trinajstić information content (AvgIpc) is 2.94. The molecule has 0 aliphatic carbocycles. The van der Waals surface area contributed by atoms with Gasteiger partial charge in [-0.25, -0.2) is 4.98 Å². The van der Waals surface area contributed by atoms with E-state index in [2.05, 4.69) is 10.3 Å². The van der Waals surface area contributed by atoms with Crippen LogP contribution in [-0.4, -0.2) is 22.5 Å². The molecule has 1 unspecified atom stereocenters. The first-order chi connectivity index (χ1) is 10.4. The number of rotatable bonds is 5.